The van der Waals surface area contributed by atoms with Crippen molar-refractivity contribution in [2.75, 3.05) is 19.0 Å². The molecule has 31 heavy (non-hydrogen) atoms. The van der Waals surface area contributed by atoms with Gasteiger partial charge in [0.15, 0.2) is 5.89 Å². The number of aromatic nitrogens is 3. The molecule has 0 spiro atoms. The highest BCUT2D eigenvalue weighted by Crippen LogP contribution is 2.34. The summed E-state index contributed by atoms with van der Waals surface area (Å²) in [5.41, 5.74) is 3.82. The van der Waals surface area contributed by atoms with E-state index in [1.807, 2.05) is 42.7 Å². The topological polar surface area (TPSA) is 55.1 Å². The van der Waals surface area contributed by atoms with Crippen LogP contribution in [0.25, 0.3) is 0 Å². The first-order valence-corrected chi connectivity index (χ1v) is 12.0. The zero-order chi connectivity index (χ0) is 22.7. The van der Waals surface area contributed by atoms with Crippen molar-refractivity contribution in [3.63, 3.8) is 0 Å². The molecule has 2 unspecified atom stereocenters. The molecule has 3 rings (SSSR count). The van der Waals surface area contributed by atoms with Gasteiger partial charge in [-0.05, 0) is 55.7 Å². The Bertz CT molecular complexity index is 1000. The van der Waals surface area contributed by atoms with Gasteiger partial charge in [0.2, 0.25) is 0 Å². The maximum atomic E-state index is 5.90. The molecule has 3 heterocycles. The average Bonchev–Trinajstić information content (AvgIpc) is 3.32. The molecule has 0 aromatic carbocycles. The van der Waals surface area contributed by atoms with E-state index in [1.54, 1.807) is 0 Å². The molecule has 5 nitrogen and oxygen atoms in total. The van der Waals surface area contributed by atoms with Crippen LogP contribution in [-0.2, 0) is 12.8 Å². The van der Waals surface area contributed by atoms with Crippen LogP contribution in [0, 0.1) is 13.8 Å². The lowest BCUT2D eigenvalue weighted by molar-refractivity contribution is 0.429. The molecule has 6 heteroatoms. The normalized spacial score (nSPS) is 13.6. The molecule has 2 atom stereocenters. The summed E-state index contributed by atoms with van der Waals surface area (Å²) in [6.07, 6.45) is 6.71. The van der Waals surface area contributed by atoms with Crippen molar-refractivity contribution in [2.45, 2.75) is 78.6 Å². The number of pyridine rings is 1. The molecule has 3 aromatic rings. The van der Waals surface area contributed by atoms with Crippen LogP contribution < -0.4 is 4.90 Å². The van der Waals surface area contributed by atoms with Gasteiger partial charge in [-0.25, -0.2) is 15.0 Å². The first-order valence-electron chi connectivity index (χ1n) is 11.2. The number of aryl methyl sites for hydroxylation is 3. The minimum atomic E-state index is 0.372. The molecular weight excluding hydrogens is 404 g/mol. The molecule has 0 bridgehead atoms. The number of thiazole rings is 1. The summed E-state index contributed by atoms with van der Waals surface area (Å²) in [4.78, 5) is 17.4. The first kappa shape index (κ1) is 23.5. The molecule has 0 saturated carbocycles. The molecule has 3 aromatic heterocycles. The Morgan fingerprint density at radius 2 is 1.77 bits per heavy atom. The molecule has 0 aliphatic carbocycles. The van der Waals surface area contributed by atoms with Crippen LogP contribution in [0.4, 0.5) is 5.82 Å². The average molecular weight is 441 g/mol. The van der Waals surface area contributed by atoms with Gasteiger partial charge in [0, 0.05) is 37.5 Å². The number of oxazole rings is 1. The summed E-state index contributed by atoms with van der Waals surface area (Å²) in [5, 5.41) is 1.14. The number of nitrogens with zero attached hydrogens (tertiary/aromatic N) is 4. The van der Waals surface area contributed by atoms with Crippen LogP contribution >= 0.6 is 11.3 Å². The van der Waals surface area contributed by atoms with Crippen molar-refractivity contribution in [1.82, 2.24) is 15.0 Å². The van der Waals surface area contributed by atoms with Crippen LogP contribution in [0.2, 0.25) is 0 Å². The van der Waals surface area contributed by atoms with Crippen LogP contribution in [0.5, 0.6) is 0 Å². The van der Waals surface area contributed by atoms with Crippen molar-refractivity contribution < 1.29 is 4.42 Å². The van der Waals surface area contributed by atoms with Gasteiger partial charge in [-0.15, -0.1) is 11.3 Å². The van der Waals surface area contributed by atoms with Gasteiger partial charge < -0.3 is 9.32 Å². The molecular formula is C25H36N4OS. The predicted molar refractivity (Wildman–Crippen MR) is 130 cm³/mol. The monoisotopic (exact) mass is 440 g/mol. The quantitative estimate of drug-likeness (QED) is 0.384. The van der Waals surface area contributed by atoms with Gasteiger partial charge >= 0.3 is 0 Å². The summed E-state index contributed by atoms with van der Waals surface area (Å²) in [7, 11) is 4.05. The van der Waals surface area contributed by atoms with E-state index in [0.717, 1.165) is 41.7 Å². The second kappa shape index (κ2) is 9.94. The van der Waals surface area contributed by atoms with Crippen molar-refractivity contribution in [2.24, 2.45) is 0 Å². The summed E-state index contributed by atoms with van der Waals surface area (Å²) in [6.45, 7) is 13.1. The fraction of sp³-hybridized carbons (Fsp3) is 0.560. The summed E-state index contributed by atoms with van der Waals surface area (Å²) < 4.78 is 5.90. The number of hydrogen-bond acceptors (Lipinski definition) is 6. The van der Waals surface area contributed by atoms with E-state index in [2.05, 4.69) is 57.6 Å². The third-order valence-electron chi connectivity index (χ3n) is 5.84. The van der Waals surface area contributed by atoms with Crippen molar-refractivity contribution >= 4 is 17.2 Å². The van der Waals surface area contributed by atoms with Gasteiger partial charge in [0.25, 0.3) is 0 Å². The lowest BCUT2D eigenvalue weighted by Gasteiger charge is -2.18. The van der Waals surface area contributed by atoms with Crippen molar-refractivity contribution in [3.8, 4) is 0 Å². The minimum Gasteiger partial charge on any atom is -0.445 e. The van der Waals surface area contributed by atoms with Crippen LogP contribution in [-0.4, -0.2) is 29.0 Å². The highest BCUT2D eigenvalue weighted by atomic mass is 32.1. The number of hydrogen-bond donors (Lipinski definition) is 0. The van der Waals surface area contributed by atoms with Gasteiger partial charge in [-0.1, -0.05) is 27.7 Å². The SMILES string of the molecule is Cc1nc(CC(C)c2cnc(N(C)C)cc2C)c(C(C)CCc2ncc(C(C)C)o2)s1. The largest absolute Gasteiger partial charge is 0.445 e. The lowest BCUT2D eigenvalue weighted by atomic mass is 9.92. The zero-order valence-corrected chi connectivity index (χ0v) is 21.0. The Balaban J connectivity index is 1.70. The van der Waals surface area contributed by atoms with Crippen LogP contribution in [0.15, 0.2) is 22.9 Å². The van der Waals surface area contributed by atoms with Crippen LogP contribution in [0.1, 0.15) is 90.2 Å². The Kier molecular flexibility index (Phi) is 7.52. The van der Waals surface area contributed by atoms with Crippen molar-refractivity contribution in [3.05, 3.63) is 56.8 Å². The van der Waals surface area contributed by atoms with Crippen LogP contribution in [0.3, 0.4) is 0 Å². The Morgan fingerprint density at radius 1 is 1.03 bits per heavy atom. The predicted octanol–water partition coefficient (Wildman–Crippen LogP) is 6.41. The molecule has 0 N–H and O–H groups in total. The lowest BCUT2D eigenvalue weighted by Crippen LogP contribution is -2.12. The second-order valence-corrected chi connectivity index (χ2v) is 10.4. The van der Waals surface area contributed by atoms with E-state index in [0.29, 0.717) is 17.8 Å². The molecule has 168 valence electrons. The minimum absolute atomic E-state index is 0.372. The maximum absolute atomic E-state index is 5.90. The fourth-order valence-corrected chi connectivity index (χ4v) is 4.95. The summed E-state index contributed by atoms with van der Waals surface area (Å²) >= 11 is 1.83. The van der Waals surface area contributed by atoms with Gasteiger partial charge in [-0.3, -0.25) is 0 Å². The third kappa shape index (κ3) is 5.73. The second-order valence-electron chi connectivity index (χ2n) is 9.19. The Hall–Kier alpha value is -2.21. The molecule has 0 fully saturated rings. The molecule has 0 aliphatic rings. The van der Waals surface area contributed by atoms with E-state index >= 15 is 0 Å². The highest BCUT2D eigenvalue weighted by Gasteiger charge is 2.20. The standard InChI is InChI=1S/C25H36N4OS/c1-15(2)22-14-27-24(30-22)10-9-16(3)25-21(28-19(6)31-25)11-17(4)20-13-26-23(29(7)8)12-18(20)5/h12-17H,9-11H2,1-8H3. The van der Waals surface area contributed by atoms with E-state index in [4.69, 9.17) is 9.40 Å². The van der Waals surface area contributed by atoms with Gasteiger partial charge in [0.05, 0.1) is 16.9 Å². The molecule has 0 saturated heterocycles. The van der Waals surface area contributed by atoms with E-state index in [1.165, 1.54) is 21.7 Å². The molecule has 0 amide bonds. The summed E-state index contributed by atoms with van der Waals surface area (Å²) in [5.74, 6) is 3.99. The zero-order valence-electron chi connectivity index (χ0n) is 20.2. The van der Waals surface area contributed by atoms with Crippen molar-refractivity contribution in [1.29, 1.82) is 0 Å². The maximum Gasteiger partial charge on any atom is 0.194 e. The summed E-state index contributed by atoms with van der Waals surface area (Å²) in [6, 6.07) is 2.17. The smallest absolute Gasteiger partial charge is 0.194 e. The van der Waals surface area contributed by atoms with Gasteiger partial charge in [-0.2, -0.15) is 0 Å². The van der Waals surface area contributed by atoms with E-state index < -0.39 is 0 Å². The highest BCUT2D eigenvalue weighted by molar-refractivity contribution is 7.11. The Labute approximate surface area is 191 Å². The fourth-order valence-electron chi connectivity index (χ4n) is 3.91. The molecule has 0 radical (unpaired) electrons. The van der Waals surface area contributed by atoms with E-state index in [9.17, 15) is 0 Å². The van der Waals surface area contributed by atoms with E-state index in [-0.39, 0.29) is 0 Å². The number of rotatable bonds is 9. The molecule has 0 aliphatic heterocycles. The number of anilines is 1. The van der Waals surface area contributed by atoms with Gasteiger partial charge in [0.1, 0.15) is 11.6 Å². The first-order chi connectivity index (χ1) is 14.7. The third-order valence-corrected chi connectivity index (χ3v) is 7.08. The Morgan fingerprint density at radius 3 is 2.39 bits per heavy atom.